The number of hydrogen-bond donors (Lipinski definition) is 2. The van der Waals surface area contributed by atoms with Crippen molar-refractivity contribution in [3.63, 3.8) is 0 Å². The molecule has 1 saturated carbocycles. The number of likely N-dealkylation sites (tertiary alicyclic amines) is 1. The van der Waals surface area contributed by atoms with E-state index in [9.17, 15) is 4.79 Å². The Morgan fingerprint density at radius 1 is 1.27 bits per heavy atom. The highest BCUT2D eigenvalue weighted by Gasteiger charge is 2.32. The van der Waals surface area contributed by atoms with E-state index in [-0.39, 0.29) is 5.91 Å². The molecule has 1 atom stereocenters. The molecule has 0 bridgehead atoms. The maximum Gasteiger partial charge on any atom is 0.255 e. The molecule has 5 nitrogen and oxygen atoms in total. The zero-order valence-corrected chi connectivity index (χ0v) is 15.7. The van der Waals surface area contributed by atoms with Crippen molar-refractivity contribution >= 4 is 5.91 Å². The zero-order chi connectivity index (χ0) is 18.1. The highest BCUT2D eigenvalue weighted by Crippen LogP contribution is 2.41. The zero-order valence-electron chi connectivity index (χ0n) is 15.7. The topological polar surface area (TPSA) is 61.0 Å². The van der Waals surface area contributed by atoms with Gasteiger partial charge >= 0.3 is 0 Å². The van der Waals surface area contributed by atoms with E-state index in [1.807, 2.05) is 6.92 Å². The van der Waals surface area contributed by atoms with Gasteiger partial charge in [-0.3, -0.25) is 14.8 Å². The molecule has 1 amide bonds. The molecule has 0 spiro atoms. The molecule has 2 heterocycles. The van der Waals surface area contributed by atoms with Gasteiger partial charge in [-0.15, -0.1) is 0 Å². The van der Waals surface area contributed by atoms with Crippen molar-refractivity contribution in [3.05, 3.63) is 52.3 Å². The number of rotatable bonds is 6. The Labute approximate surface area is 155 Å². The molecule has 2 aromatic rings. The number of aryl methyl sites for hydroxylation is 2. The van der Waals surface area contributed by atoms with Gasteiger partial charge < -0.3 is 5.32 Å². The number of benzene rings is 1. The summed E-state index contributed by atoms with van der Waals surface area (Å²) in [6.45, 7) is 8.02. The maximum absolute atomic E-state index is 12.7. The number of amides is 1. The molecule has 26 heavy (non-hydrogen) atoms. The highest BCUT2D eigenvalue weighted by atomic mass is 16.1. The number of carbonyl (C=O) groups is 1. The van der Waals surface area contributed by atoms with E-state index in [4.69, 9.17) is 0 Å². The minimum atomic E-state index is 0.0375. The predicted molar refractivity (Wildman–Crippen MR) is 102 cm³/mol. The second-order valence-electron chi connectivity index (χ2n) is 7.91. The third kappa shape index (κ3) is 3.68. The van der Waals surface area contributed by atoms with Crippen LogP contribution in [0.5, 0.6) is 0 Å². The van der Waals surface area contributed by atoms with Gasteiger partial charge in [0.05, 0.1) is 11.3 Å². The normalized spacial score (nSPS) is 20.5. The molecule has 2 fully saturated rings. The summed E-state index contributed by atoms with van der Waals surface area (Å²) < 4.78 is 0. The van der Waals surface area contributed by atoms with Crippen LogP contribution in [-0.2, 0) is 6.54 Å². The Morgan fingerprint density at radius 3 is 2.85 bits per heavy atom. The van der Waals surface area contributed by atoms with E-state index in [1.54, 1.807) is 0 Å². The molecular weight excluding hydrogens is 324 g/mol. The monoisotopic (exact) mass is 352 g/mol. The van der Waals surface area contributed by atoms with Crippen molar-refractivity contribution < 1.29 is 4.79 Å². The second kappa shape index (κ2) is 7.23. The number of nitrogens with one attached hydrogen (secondary N) is 2. The van der Waals surface area contributed by atoms with Crippen LogP contribution in [0, 0.1) is 19.8 Å². The first kappa shape index (κ1) is 17.3. The first-order valence-electron chi connectivity index (χ1n) is 9.71. The third-order valence-electron chi connectivity index (χ3n) is 5.74. The van der Waals surface area contributed by atoms with Crippen LogP contribution in [0.3, 0.4) is 0 Å². The SMILES string of the molecule is Cc1ccccc1CN1CC[C@H](CNC(=O)c2c(C3CC3)n[nH]c2C)C1. The molecule has 1 saturated heterocycles. The quantitative estimate of drug-likeness (QED) is 0.839. The number of H-pyrrole nitrogens is 1. The molecule has 138 valence electrons. The van der Waals surface area contributed by atoms with Gasteiger partial charge in [-0.05, 0) is 56.7 Å². The van der Waals surface area contributed by atoms with Gasteiger partial charge in [0.2, 0.25) is 0 Å². The van der Waals surface area contributed by atoms with Crippen LogP contribution in [0.15, 0.2) is 24.3 Å². The summed E-state index contributed by atoms with van der Waals surface area (Å²) in [6, 6.07) is 8.59. The Morgan fingerprint density at radius 2 is 2.08 bits per heavy atom. The number of nitrogens with zero attached hydrogens (tertiary/aromatic N) is 2. The Kier molecular flexibility index (Phi) is 4.81. The summed E-state index contributed by atoms with van der Waals surface area (Å²) >= 11 is 0. The Bertz CT molecular complexity index is 793. The van der Waals surface area contributed by atoms with Gasteiger partial charge in [-0.2, -0.15) is 5.10 Å². The lowest BCUT2D eigenvalue weighted by molar-refractivity contribution is 0.0945. The minimum Gasteiger partial charge on any atom is -0.352 e. The van der Waals surface area contributed by atoms with Gasteiger partial charge in [-0.25, -0.2) is 0 Å². The van der Waals surface area contributed by atoms with Crippen LogP contribution < -0.4 is 5.32 Å². The van der Waals surface area contributed by atoms with Crippen molar-refractivity contribution in [1.82, 2.24) is 20.4 Å². The molecule has 0 radical (unpaired) electrons. The summed E-state index contributed by atoms with van der Waals surface area (Å²) in [5, 5.41) is 10.5. The number of carbonyl (C=O) groups excluding carboxylic acids is 1. The average molecular weight is 352 g/mol. The number of aromatic nitrogens is 2. The van der Waals surface area contributed by atoms with E-state index in [0.29, 0.717) is 11.8 Å². The van der Waals surface area contributed by atoms with Crippen molar-refractivity contribution in [2.75, 3.05) is 19.6 Å². The van der Waals surface area contributed by atoms with Crippen LogP contribution >= 0.6 is 0 Å². The fraction of sp³-hybridized carbons (Fsp3) is 0.524. The molecule has 4 rings (SSSR count). The molecule has 0 unspecified atom stereocenters. The third-order valence-corrected chi connectivity index (χ3v) is 5.74. The lowest BCUT2D eigenvalue weighted by Gasteiger charge is -2.17. The van der Waals surface area contributed by atoms with E-state index in [2.05, 4.69) is 51.6 Å². The van der Waals surface area contributed by atoms with Gasteiger partial charge in [0.15, 0.2) is 0 Å². The summed E-state index contributed by atoms with van der Waals surface area (Å²) in [7, 11) is 0. The van der Waals surface area contributed by atoms with E-state index in [1.165, 1.54) is 11.1 Å². The molecule has 1 aliphatic carbocycles. The fourth-order valence-corrected chi connectivity index (χ4v) is 3.96. The fourth-order valence-electron chi connectivity index (χ4n) is 3.96. The van der Waals surface area contributed by atoms with Gasteiger partial charge in [0, 0.05) is 31.2 Å². The first-order valence-corrected chi connectivity index (χ1v) is 9.71. The minimum absolute atomic E-state index is 0.0375. The van der Waals surface area contributed by atoms with Gasteiger partial charge in [-0.1, -0.05) is 24.3 Å². The molecular formula is C21H28N4O. The number of hydrogen-bond acceptors (Lipinski definition) is 3. The number of aromatic amines is 1. The summed E-state index contributed by atoms with van der Waals surface area (Å²) in [5.41, 5.74) is 5.39. The molecule has 5 heteroatoms. The van der Waals surface area contributed by atoms with Crippen molar-refractivity contribution in [2.24, 2.45) is 5.92 Å². The lowest BCUT2D eigenvalue weighted by Crippen LogP contribution is -2.31. The van der Waals surface area contributed by atoms with Gasteiger partial charge in [0.25, 0.3) is 5.91 Å². The van der Waals surface area contributed by atoms with Crippen molar-refractivity contribution in [2.45, 2.75) is 45.6 Å². The Balaban J connectivity index is 1.30. The van der Waals surface area contributed by atoms with Crippen molar-refractivity contribution in [3.8, 4) is 0 Å². The second-order valence-corrected chi connectivity index (χ2v) is 7.91. The van der Waals surface area contributed by atoms with E-state index in [0.717, 1.165) is 62.4 Å². The van der Waals surface area contributed by atoms with Crippen LogP contribution in [0.2, 0.25) is 0 Å². The van der Waals surface area contributed by atoms with Crippen LogP contribution in [0.1, 0.15) is 58.1 Å². The lowest BCUT2D eigenvalue weighted by atomic mass is 10.1. The molecule has 1 aromatic carbocycles. The molecule has 2 N–H and O–H groups in total. The Hall–Kier alpha value is -2.14. The average Bonchev–Trinajstić information content (AvgIpc) is 3.26. The summed E-state index contributed by atoms with van der Waals surface area (Å²) in [5.74, 6) is 1.05. The largest absolute Gasteiger partial charge is 0.352 e. The highest BCUT2D eigenvalue weighted by molar-refractivity contribution is 5.96. The first-order chi connectivity index (χ1) is 12.6. The van der Waals surface area contributed by atoms with Gasteiger partial charge in [0.1, 0.15) is 0 Å². The summed E-state index contributed by atoms with van der Waals surface area (Å²) in [6.07, 6.45) is 3.45. The van der Waals surface area contributed by atoms with Crippen LogP contribution in [0.4, 0.5) is 0 Å². The summed E-state index contributed by atoms with van der Waals surface area (Å²) in [4.78, 5) is 15.2. The standard InChI is InChI=1S/C21H28N4O/c1-14-5-3-4-6-18(14)13-25-10-9-16(12-25)11-22-21(26)19-15(2)23-24-20(19)17-7-8-17/h3-6,16-17H,7-13H2,1-2H3,(H,22,26)(H,23,24)/t16-/m1/s1. The molecule has 2 aliphatic rings. The molecule has 1 aliphatic heterocycles. The smallest absolute Gasteiger partial charge is 0.255 e. The van der Waals surface area contributed by atoms with E-state index < -0.39 is 0 Å². The van der Waals surface area contributed by atoms with Crippen LogP contribution in [-0.4, -0.2) is 40.6 Å². The van der Waals surface area contributed by atoms with Crippen LogP contribution in [0.25, 0.3) is 0 Å². The van der Waals surface area contributed by atoms with E-state index >= 15 is 0 Å². The molecule has 1 aromatic heterocycles. The van der Waals surface area contributed by atoms with Crippen molar-refractivity contribution in [1.29, 1.82) is 0 Å². The predicted octanol–water partition coefficient (Wildman–Crippen LogP) is 3.16. The maximum atomic E-state index is 12.7.